The number of hydrogen-bond acceptors (Lipinski definition) is 4. The topological polar surface area (TPSA) is 90.3 Å². The van der Waals surface area contributed by atoms with E-state index in [9.17, 15) is 14.7 Å². The van der Waals surface area contributed by atoms with Crippen molar-refractivity contribution >= 4 is 12.0 Å². The summed E-state index contributed by atoms with van der Waals surface area (Å²) in [5, 5.41) is 18.4. The molecule has 0 aliphatic carbocycles. The van der Waals surface area contributed by atoms with E-state index in [1.54, 1.807) is 14.0 Å². The lowest BCUT2D eigenvalue weighted by molar-refractivity contribution is -0.142. The lowest BCUT2D eigenvalue weighted by atomic mass is 10.0. The Morgan fingerprint density at radius 3 is 2.55 bits per heavy atom. The highest BCUT2D eigenvalue weighted by Gasteiger charge is 2.40. The van der Waals surface area contributed by atoms with Gasteiger partial charge in [-0.25, -0.2) is 4.79 Å². The normalized spacial score (nSPS) is 23.4. The highest BCUT2D eigenvalue weighted by Crippen LogP contribution is 2.21. The molecule has 3 unspecified atom stereocenters. The molecule has 7 heteroatoms. The lowest BCUT2D eigenvalue weighted by Gasteiger charge is -2.33. The molecule has 0 bridgehead atoms. The van der Waals surface area contributed by atoms with E-state index in [4.69, 9.17) is 9.84 Å². The Kier molecular flexibility index (Phi) is 6.22. The van der Waals surface area contributed by atoms with Crippen LogP contribution in [0.15, 0.2) is 0 Å². The van der Waals surface area contributed by atoms with E-state index in [-0.39, 0.29) is 19.2 Å². The molecule has 0 saturated carbocycles. The number of aliphatic hydroxyl groups is 1. The Hall–Kier alpha value is -1.34. The molecule has 0 spiro atoms. The van der Waals surface area contributed by atoms with E-state index in [1.165, 1.54) is 9.80 Å². The molecule has 116 valence electrons. The highest BCUT2D eigenvalue weighted by atomic mass is 16.5. The zero-order valence-electron chi connectivity index (χ0n) is 12.3. The zero-order chi connectivity index (χ0) is 15.3. The summed E-state index contributed by atoms with van der Waals surface area (Å²) in [5.74, 6) is -1.62. The molecule has 2 N–H and O–H groups in total. The SMILES string of the molecule is CCN(C(=O)N(C)CCC(C)O)C1COCC1C(=O)O. The minimum absolute atomic E-state index is 0.140. The highest BCUT2D eigenvalue weighted by molar-refractivity contribution is 5.77. The monoisotopic (exact) mass is 288 g/mol. The van der Waals surface area contributed by atoms with Gasteiger partial charge in [0.05, 0.1) is 25.4 Å². The maximum atomic E-state index is 12.4. The second-order valence-electron chi connectivity index (χ2n) is 5.18. The van der Waals surface area contributed by atoms with E-state index < -0.39 is 24.0 Å². The van der Waals surface area contributed by atoms with Crippen LogP contribution in [0.1, 0.15) is 20.3 Å². The van der Waals surface area contributed by atoms with Gasteiger partial charge in [0.15, 0.2) is 0 Å². The number of hydrogen-bond donors (Lipinski definition) is 2. The molecule has 0 aromatic rings. The molecule has 1 saturated heterocycles. The van der Waals surface area contributed by atoms with Gasteiger partial charge < -0.3 is 24.7 Å². The number of carboxylic acid groups (broad SMARTS) is 1. The maximum Gasteiger partial charge on any atom is 0.320 e. The summed E-state index contributed by atoms with van der Waals surface area (Å²) in [6, 6.07) is -0.658. The molecule has 3 atom stereocenters. The van der Waals surface area contributed by atoms with Gasteiger partial charge in [0, 0.05) is 20.1 Å². The quantitative estimate of drug-likeness (QED) is 0.730. The van der Waals surface area contributed by atoms with E-state index in [1.807, 2.05) is 6.92 Å². The summed E-state index contributed by atoms with van der Waals surface area (Å²) < 4.78 is 5.21. The number of urea groups is 1. The third kappa shape index (κ3) is 4.08. The van der Waals surface area contributed by atoms with Gasteiger partial charge in [-0.2, -0.15) is 0 Å². The predicted molar refractivity (Wildman–Crippen MR) is 72.4 cm³/mol. The van der Waals surface area contributed by atoms with Crippen molar-refractivity contribution in [3.8, 4) is 0 Å². The molecule has 1 aliphatic rings. The number of aliphatic carboxylic acids is 1. The van der Waals surface area contributed by atoms with E-state index >= 15 is 0 Å². The van der Waals surface area contributed by atoms with Crippen molar-refractivity contribution in [2.24, 2.45) is 5.92 Å². The number of amides is 2. The lowest BCUT2D eigenvalue weighted by Crippen LogP contribution is -2.51. The summed E-state index contributed by atoms with van der Waals surface area (Å²) in [7, 11) is 1.65. The molecule has 20 heavy (non-hydrogen) atoms. The van der Waals surface area contributed by atoms with Crippen LogP contribution in [0.3, 0.4) is 0 Å². The molecule has 2 amide bonds. The summed E-state index contributed by atoms with van der Waals surface area (Å²) in [5.41, 5.74) is 0. The Morgan fingerprint density at radius 1 is 1.40 bits per heavy atom. The van der Waals surface area contributed by atoms with Gasteiger partial charge in [0.1, 0.15) is 5.92 Å². The van der Waals surface area contributed by atoms with Crippen molar-refractivity contribution < 1.29 is 24.5 Å². The fraction of sp³-hybridized carbons (Fsp3) is 0.846. The summed E-state index contributed by atoms with van der Waals surface area (Å²) in [6.07, 6.45) is 0.0189. The Morgan fingerprint density at radius 2 is 2.05 bits per heavy atom. The number of nitrogens with zero attached hydrogens (tertiary/aromatic N) is 2. The number of ether oxygens (including phenoxy) is 1. The number of carbonyl (C=O) groups is 2. The number of rotatable bonds is 6. The van der Waals surface area contributed by atoms with Gasteiger partial charge >= 0.3 is 12.0 Å². The number of likely N-dealkylation sites (N-methyl/N-ethyl adjacent to an activating group) is 1. The fourth-order valence-electron chi connectivity index (χ4n) is 2.29. The summed E-state index contributed by atoms with van der Waals surface area (Å²) >= 11 is 0. The van der Waals surface area contributed by atoms with Crippen molar-refractivity contribution in [3.05, 3.63) is 0 Å². The number of carbonyl (C=O) groups excluding carboxylic acids is 1. The molecule has 1 aliphatic heterocycles. The van der Waals surface area contributed by atoms with Crippen LogP contribution in [0.2, 0.25) is 0 Å². The molecule has 1 rings (SSSR count). The second kappa shape index (κ2) is 7.44. The first-order valence-electron chi connectivity index (χ1n) is 6.88. The molecule has 1 fully saturated rings. The Balaban J connectivity index is 2.69. The molecule has 0 aromatic carbocycles. The van der Waals surface area contributed by atoms with Crippen molar-refractivity contribution in [1.82, 2.24) is 9.80 Å². The summed E-state index contributed by atoms with van der Waals surface area (Å²) in [6.45, 7) is 4.73. The third-order valence-corrected chi connectivity index (χ3v) is 3.56. The third-order valence-electron chi connectivity index (χ3n) is 3.56. The number of carboxylic acids is 1. The van der Waals surface area contributed by atoms with Crippen LogP contribution in [0.5, 0.6) is 0 Å². The van der Waals surface area contributed by atoms with Gasteiger partial charge in [-0.3, -0.25) is 4.79 Å². The van der Waals surface area contributed by atoms with Crippen molar-refractivity contribution in [3.63, 3.8) is 0 Å². The predicted octanol–water partition coefficient (Wildman–Crippen LogP) is 0.231. The average Bonchev–Trinajstić information content (AvgIpc) is 2.85. The molecular formula is C13H24N2O5. The van der Waals surface area contributed by atoms with E-state index in [0.29, 0.717) is 19.5 Å². The zero-order valence-corrected chi connectivity index (χ0v) is 12.3. The van der Waals surface area contributed by atoms with Crippen LogP contribution in [0.4, 0.5) is 4.79 Å². The fourth-order valence-corrected chi connectivity index (χ4v) is 2.29. The van der Waals surface area contributed by atoms with Crippen LogP contribution in [0, 0.1) is 5.92 Å². The molecule has 0 aromatic heterocycles. The first kappa shape index (κ1) is 16.7. The first-order valence-corrected chi connectivity index (χ1v) is 6.88. The van der Waals surface area contributed by atoms with Crippen molar-refractivity contribution in [2.45, 2.75) is 32.4 Å². The standard InChI is InChI=1S/C13H24N2O5/c1-4-15(11-8-20-7-10(11)12(17)18)13(19)14(3)6-5-9(2)16/h9-11,16H,4-8H2,1-3H3,(H,17,18). The van der Waals surface area contributed by atoms with Crippen LogP contribution in [-0.4, -0.2) is 77.5 Å². The van der Waals surface area contributed by atoms with Gasteiger partial charge in [-0.15, -0.1) is 0 Å². The van der Waals surface area contributed by atoms with Crippen molar-refractivity contribution in [2.75, 3.05) is 33.4 Å². The van der Waals surface area contributed by atoms with E-state index in [0.717, 1.165) is 0 Å². The smallest absolute Gasteiger partial charge is 0.320 e. The van der Waals surface area contributed by atoms with Crippen LogP contribution < -0.4 is 0 Å². The second-order valence-corrected chi connectivity index (χ2v) is 5.18. The molecule has 7 nitrogen and oxygen atoms in total. The van der Waals surface area contributed by atoms with Gasteiger partial charge in [0.25, 0.3) is 0 Å². The maximum absolute atomic E-state index is 12.4. The van der Waals surface area contributed by atoms with Crippen LogP contribution in [-0.2, 0) is 9.53 Å². The largest absolute Gasteiger partial charge is 0.481 e. The average molecular weight is 288 g/mol. The van der Waals surface area contributed by atoms with E-state index in [2.05, 4.69) is 0 Å². The minimum Gasteiger partial charge on any atom is -0.481 e. The van der Waals surface area contributed by atoms with Crippen LogP contribution in [0.25, 0.3) is 0 Å². The van der Waals surface area contributed by atoms with Gasteiger partial charge in [-0.1, -0.05) is 0 Å². The molecule has 0 radical (unpaired) electrons. The Bertz CT molecular complexity index is 348. The molecule has 1 heterocycles. The van der Waals surface area contributed by atoms with Gasteiger partial charge in [-0.05, 0) is 20.3 Å². The molecular weight excluding hydrogens is 264 g/mol. The number of aliphatic hydroxyl groups excluding tert-OH is 1. The Labute approximate surface area is 119 Å². The van der Waals surface area contributed by atoms with Gasteiger partial charge in [0.2, 0.25) is 0 Å². The van der Waals surface area contributed by atoms with Crippen LogP contribution >= 0.6 is 0 Å². The summed E-state index contributed by atoms with van der Waals surface area (Å²) in [4.78, 5) is 26.6. The first-order chi connectivity index (χ1) is 9.38. The van der Waals surface area contributed by atoms with Crippen molar-refractivity contribution in [1.29, 1.82) is 0 Å². The minimum atomic E-state index is -0.939.